The summed E-state index contributed by atoms with van der Waals surface area (Å²) in [5.74, 6) is -0.491. The van der Waals surface area contributed by atoms with E-state index in [0.717, 1.165) is 5.56 Å². The van der Waals surface area contributed by atoms with E-state index in [9.17, 15) is 9.59 Å². The Labute approximate surface area is 172 Å². The molecule has 0 saturated carbocycles. The summed E-state index contributed by atoms with van der Waals surface area (Å²) in [4.78, 5) is 24.6. The molecule has 1 N–H and O–H groups in total. The van der Waals surface area contributed by atoms with Crippen molar-refractivity contribution in [2.75, 3.05) is 19.5 Å². The first kappa shape index (κ1) is 21.7. The molecule has 0 spiro atoms. The quantitative estimate of drug-likeness (QED) is 0.501. The summed E-state index contributed by atoms with van der Waals surface area (Å²) in [6.45, 7) is 3.10. The lowest BCUT2D eigenvalue weighted by atomic mass is 10.2. The van der Waals surface area contributed by atoms with Crippen LogP contribution in [0.15, 0.2) is 40.6 Å². The molecule has 0 saturated heterocycles. The van der Waals surface area contributed by atoms with Gasteiger partial charge in [0, 0.05) is 17.2 Å². The zero-order valence-corrected chi connectivity index (χ0v) is 17.3. The van der Waals surface area contributed by atoms with Crippen molar-refractivity contribution in [2.24, 2.45) is 10.2 Å². The fraction of sp³-hybridized carbons (Fsp3) is 0.263. The number of hydrogen-bond acceptors (Lipinski definition) is 6. The fourth-order valence-corrected chi connectivity index (χ4v) is 2.89. The highest BCUT2D eigenvalue weighted by Gasteiger charge is 2.25. The molecular formula is C19H19Cl2N3O4. The van der Waals surface area contributed by atoms with E-state index in [1.54, 1.807) is 18.2 Å². The van der Waals surface area contributed by atoms with Gasteiger partial charge in [-0.15, -0.1) is 0 Å². The van der Waals surface area contributed by atoms with Gasteiger partial charge in [-0.1, -0.05) is 23.2 Å². The number of benzene rings is 2. The molecule has 0 radical (unpaired) electrons. The van der Waals surface area contributed by atoms with E-state index in [-0.39, 0.29) is 5.69 Å². The van der Waals surface area contributed by atoms with E-state index in [0.29, 0.717) is 27.2 Å². The maximum Gasteiger partial charge on any atom is 0.258 e. The summed E-state index contributed by atoms with van der Waals surface area (Å²) < 4.78 is 10.4. The van der Waals surface area contributed by atoms with Crippen LogP contribution in [0.2, 0.25) is 10.0 Å². The number of amides is 1. The highest BCUT2D eigenvalue weighted by molar-refractivity contribution is 6.32. The van der Waals surface area contributed by atoms with Gasteiger partial charge in [0.25, 0.3) is 5.91 Å². The Morgan fingerprint density at radius 3 is 2.29 bits per heavy atom. The molecular weight excluding hydrogens is 405 g/mol. The molecule has 2 aromatic carbocycles. The van der Waals surface area contributed by atoms with Gasteiger partial charge in [-0.2, -0.15) is 10.2 Å². The molecule has 0 aromatic heterocycles. The Balaban J connectivity index is 2.28. The van der Waals surface area contributed by atoms with E-state index in [1.807, 2.05) is 6.92 Å². The largest absolute Gasteiger partial charge is 0.495 e. The minimum Gasteiger partial charge on any atom is -0.495 e. The monoisotopic (exact) mass is 423 g/mol. The first-order valence-corrected chi connectivity index (χ1v) is 8.91. The molecule has 0 aliphatic rings. The topological polar surface area (TPSA) is 89.4 Å². The molecule has 28 heavy (non-hydrogen) atoms. The molecule has 0 bridgehead atoms. The summed E-state index contributed by atoms with van der Waals surface area (Å²) in [6.07, 6.45) is 0. The third-order valence-corrected chi connectivity index (χ3v) is 4.19. The van der Waals surface area contributed by atoms with Crippen LogP contribution in [0.4, 0.5) is 11.4 Å². The number of aryl methyl sites for hydroxylation is 1. The van der Waals surface area contributed by atoms with E-state index >= 15 is 0 Å². The zero-order valence-electron chi connectivity index (χ0n) is 15.7. The molecule has 0 fully saturated rings. The van der Waals surface area contributed by atoms with Crippen molar-refractivity contribution in [2.45, 2.75) is 19.9 Å². The number of carbonyl (C=O) groups excluding carboxylic acids is 2. The Morgan fingerprint density at radius 2 is 1.71 bits per heavy atom. The lowest BCUT2D eigenvalue weighted by Crippen LogP contribution is -2.32. The van der Waals surface area contributed by atoms with Gasteiger partial charge in [-0.3, -0.25) is 9.59 Å². The lowest BCUT2D eigenvalue weighted by Gasteiger charge is -2.14. The number of methoxy groups -OCH3 is 2. The Kier molecular flexibility index (Phi) is 7.37. The molecule has 7 nitrogen and oxygen atoms in total. The number of nitrogens with one attached hydrogen (secondary N) is 1. The number of carbonyl (C=O) groups is 2. The van der Waals surface area contributed by atoms with Crippen LogP contribution in [-0.2, 0) is 9.59 Å². The van der Waals surface area contributed by atoms with E-state index in [4.69, 9.17) is 32.7 Å². The van der Waals surface area contributed by atoms with Gasteiger partial charge in [0.2, 0.25) is 6.04 Å². The lowest BCUT2D eigenvalue weighted by molar-refractivity contribution is -0.126. The smallest absolute Gasteiger partial charge is 0.258 e. The number of nitrogens with zero attached hydrogens (tertiary/aromatic N) is 2. The molecule has 1 atom stereocenters. The summed E-state index contributed by atoms with van der Waals surface area (Å²) in [7, 11) is 2.87. The minimum atomic E-state index is -1.34. The average molecular weight is 424 g/mol. The van der Waals surface area contributed by atoms with Crippen LogP contribution >= 0.6 is 23.2 Å². The molecule has 2 aromatic rings. The molecule has 0 aliphatic carbocycles. The highest BCUT2D eigenvalue weighted by atomic mass is 35.5. The van der Waals surface area contributed by atoms with Gasteiger partial charge in [0.15, 0.2) is 5.78 Å². The van der Waals surface area contributed by atoms with Crippen LogP contribution in [0, 0.1) is 6.92 Å². The van der Waals surface area contributed by atoms with Crippen LogP contribution in [0.25, 0.3) is 0 Å². The highest BCUT2D eigenvalue weighted by Crippen LogP contribution is 2.36. The second-order valence-electron chi connectivity index (χ2n) is 5.89. The van der Waals surface area contributed by atoms with Gasteiger partial charge in [0.1, 0.15) is 11.5 Å². The molecule has 2 rings (SSSR count). The summed E-state index contributed by atoms with van der Waals surface area (Å²) in [5.41, 5.74) is 1.60. The fourth-order valence-electron chi connectivity index (χ4n) is 2.38. The second-order valence-corrected chi connectivity index (χ2v) is 6.74. The first-order chi connectivity index (χ1) is 13.2. The van der Waals surface area contributed by atoms with Crippen LogP contribution < -0.4 is 14.8 Å². The molecule has 0 heterocycles. The van der Waals surface area contributed by atoms with Crippen molar-refractivity contribution >= 4 is 46.3 Å². The average Bonchev–Trinajstić information content (AvgIpc) is 2.61. The number of rotatable bonds is 7. The normalized spacial score (nSPS) is 11.9. The molecule has 148 valence electrons. The number of anilines is 1. The van der Waals surface area contributed by atoms with E-state index in [2.05, 4.69) is 15.5 Å². The first-order valence-electron chi connectivity index (χ1n) is 8.16. The Hall–Kier alpha value is -2.64. The van der Waals surface area contributed by atoms with Crippen LogP contribution in [-0.4, -0.2) is 32.0 Å². The number of ether oxygens (including phenoxy) is 2. The van der Waals surface area contributed by atoms with Gasteiger partial charge in [0.05, 0.1) is 30.6 Å². The number of hydrogen-bond donors (Lipinski definition) is 1. The van der Waals surface area contributed by atoms with Crippen LogP contribution in [0.5, 0.6) is 11.5 Å². The van der Waals surface area contributed by atoms with Crippen molar-refractivity contribution in [1.29, 1.82) is 0 Å². The molecule has 9 heteroatoms. The van der Waals surface area contributed by atoms with Crippen molar-refractivity contribution in [3.63, 3.8) is 0 Å². The standard InChI is InChI=1S/C19H19Cl2N3O4/c1-10-5-12(20)7-13(6-10)23-24-18(11(2)25)19(26)22-15-9-16(27-3)14(21)8-17(15)28-4/h5-9,18H,1-4H3,(H,22,26). The van der Waals surface area contributed by atoms with Gasteiger partial charge >= 0.3 is 0 Å². The van der Waals surface area contributed by atoms with E-state index < -0.39 is 17.7 Å². The van der Waals surface area contributed by atoms with Gasteiger partial charge in [-0.05, 0) is 37.6 Å². The van der Waals surface area contributed by atoms with Gasteiger partial charge < -0.3 is 14.8 Å². The predicted molar refractivity (Wildman–Crippen MR) is 108 cm³/mol. The number of azo groups is 1. The molecule has 1 unspecified atom stereocenters. The third kappa shape index (κ3) is 5.43. The maximum atomic E-state index is 12.6. The van der Waals surface area contributed by atoms with Crippen molar-refractivity contribution in [3.8, 4) is 11.5 Å². The zero-order chi connectivity index (χ0) is 20.8. The molecule has 1 amide bonds. The number of halogens is 2. The summed E-state index contributed by atoms with van der Waals surface area (Å²) in [6, 6.07) is 6.72. The van der Waals surface area contributed by atoms with Crippen molar-refractivity contribution < 1.29 is 19.1 Å². The Morgan fingerprint density at radius 1 is 1.04 bits per heavy atom. The summed E-state index contributed by atoms with van der Waals surface area (Å²) >= 11 is 12.0. The maximum absolute atomic E-state index is 12.6. The minimum absolute atomic E-state index is 0.286. The Bertz CT molecular complexity index is 911. The van der Waals surface area contributed by atoms with Crippen LogP contribution in [0.3, 0.4) is 0 Å². The molecule has 0 aliphatic heterocycles. The SMILES string of the molecule is COc1cc(NC(=O)C(N=Nc2cc(C)cc(Cl)c2)C(C)=O)c(OC)cc1Cl. The van der Waals surface area contributed by atoms with Crippen molar-refractivity contribution in [1.82, 2.24) is 0 Å². The summed E-state index contributed by atoms with van der Waals surface area (Å²) in [5, 5.41) is 11.3. The van der Waals surface area contributed by atoms with Gasteiger partial charge in [-0.25, -0.2) is 0 Å². The second kappa shape index (κ2) is 9.52. The predicted octanol–water partition coefficient (Wildman–Crippen LogP) is 5.00. The van der Waals surface area contributed by atoms with Crippen molar-refractivity contribution in [3.05, 3.63) is 45.9 Å². The van der Waals surface area contributed by atoms with E-state index in [1.165, 1.54) is 33.3 Å². The number of Topliss-reactive ketones (excluding diaryl/α,β-unsaturated/α-hetero) is 1. The van der Waals surface area contributed by atoms with Crippen LogP contribution in [0.1, 0.15) is 12.5 Å². The number of ketones is 1. The third-order valence-electron chi connectivity index (χ3n) is 3.68.